The molecule has 4 nitrogen and oxygen atoms in total. The normalized spacial score (nSPS) is 14.8. The van der Waals surface area contributed by atoms with Crippen molar-refractivity contribution in [1.82, 2.24) is 5.06 Å². The Morgan fingerprint density at radius 1 is 1.46 bits per heavy atom. The van der Waals surface area contributed by atoms with Gasteiger partial charge in [-0.3, -0.25) is 9.83 Å². The van der Waals surface area contributed by atoms with Crippen molar-refractivity contribution in [2.75, 3.05) is 14.1 Å². The van der Waals surface area contributed by atoms with Crippen LogP contribution in [0.5, 0.6) is 0 Å². The first-order valence-corrected chi connectivity index (χ1v) is 4.60. The van der Waals surface area contributed by atoms with E-state index in [9.17, 15) is 0 Å². The molecule has 0 aromatic rings. The minimum atomic E-state index is 0.172. The van der Waals surface area contributed by atoms with E-state index in [1.807, 2.05) is 6.92 Å². The van der Waals surface area contributed by atoms with Gasteiger partial charge in [0.15, 0.2) is 0 Å². The van der Waals surface area contributed by atoms with Crippen LogP contribution in [0, 0.1) is 5.92 Å². The predicted octanol–water partition coefficient (Wildman–Crippen LogP) is 1.23. The van der Waals surface area contributed by atoms with Crippen LogP contribution in [-0.4, -0.2) is 31.2 Å². The molecule has 0 spiro atoms. The SMILES string of the molecule is CN=C(N)N(C)OC(C)CC(C)C. The quantitative estimate of drug-likeness (QED) is 0.409. The van der Waals surface area contributed by atoms with Gasteiger partial charge in [0, 0.05) is 14.1 Å². The molecule has 0 fully saturated rings. The number of rotatable bonds is 4. The molecule has 0 aliphatic carbocycles. The molecule has 0 amide bonds. The van der Waals surface area contributed by atoms with Gasteiger partial charge in [-0.25, -0.2) is 5.06 Å². The third-order valence-corrected chi connectivity index (χ3v) is 1.69. The first-order chi connectivity index (χ1) is 5.97. The monoisotopic (exact) mass is 187 g/mol. The van der Waals surface area contributed by atoms with Crippen molar-refractivity contribution in [2.45, 2.75) is 33.3 Å². The third-order valence-electron chi connectivity index (χ3n) is 1.69. The second-order valence-corrected chi connectivity index (χ2v) is 3.62. The van der Waals surface area contributed by atoms with Crippen LogP contribution in [0.25, 0.3) is 0 Å². The summed E-state index contributed by atoms with van der Waals surface area (Å²) in [6.07, 6.45) is 1.19. The van der Waals surface area contributed by atoms with Gasteiger partial charge in [-0.2, -0.15) is 0 Å². The van der Waals surface area contributed by atoms with Crippen LogP contribution in [0.1, 0.15) is 27.2 Å². The molecule has 1 atom stereocenters. The van der Waals surface area contributed by atoms with Crippen molar-refractivity contribution in [1.29, 1.82) is 0 Å². The maximum Gasteiger partial charge on any atom is 0.215 e. The highest BCUT2D eigenvalue weighted by molar-refractivity contribution is 5.76. The lowest BCUT2D eigenvalue weighted by Gasteiger charge is -2.22. The molecule has 0 saturated heterocycles. The number of hydrogen-bond acceptors (Lipinski definition) is 2. The lowest BCUT2D eigenvalue weighted by molar-refractivity contribution is -0.129. The summed E-state index contributed by atoms with van der Waals surface area (Å²) >= 11 is 0. The Balaban J connectivity index is 3.84. The van der Waals surface area contributed by atoms with Crippen molar-refractivity contribution in [3.63, 3.8) is 0 Å². The van der Waals surface area contributed by atoms with Gasteiger partial charge in [0.1, 0.15) is 0 Å². The fourth-order valence-corrected chi connectivity index (χ4v) is 1.17. The minimum Gasteiger partial charge on any atom is -0.368 e. The van der Waals surface area contributed by atoms with Crippen LogP contribution in [0.2, 0.25) is 0 Å². The number of hydroxylamine groups is 2. The molecule has 13 heavy (non-hydrogen) atoms. The molecule has 4 heteroatoms. The van der Waals surface area contributed by atoms with E-state index in [0.717, 1.165) is 6.42 Å². The topological polar surface area (TPSA) is 50.8 Å². The summed E-state index contributed by atoms with van der Waals surface area (Å²) in [7, 11) is 3.40. The number of hydrogen-bond donors (Lipinski definition) is 1. The summed E-state index contributed by atoms with van der Waals surface area (Å²) in [5.74, 6) is 1.03. The van der Waals surface area contributed by atoms with Crippen LogP contribution in [-0.2, 0) is 4.84 Å². The molecule has 0 aliphatic rings. The van der Waals surface area contributed by atoms with Gasteiger partial charge >= 0.3 is 0 Å². The van der Waals surface area contributed by atoms with Crippen molar-refractivity contribution in [3.8, 4) is 0 Å². The standard InChI is InChI=1S/C9H21N3O/c1-7(2)6-8(3)13-12(5)9(10)11-4/h7-8H,6H2,1-5H3,(H2,10,11). The van der Waals surface area contributed by atoms with Gasteiger partial charge in [0.05, 0.1) is 6.10 Å². The average molecular weight is 187 g/mol. The van der Waals surface area contributed by atoms with Crippen LogP contribution < -0.4 is 5.73 Å². The molecular weight excluding hydrogens is 166 g/mol. The van der Waals surface area contributed by atoms with E-state index in [1.165, 1.54) is 5.06 Å². The Labute approximate surface area is 80.7 Å². The van der Waals surface area contributed by atoms with E-state index in [-0.39, 0.29) is 6.10 Å². The molecule has 78 valence electrons. The zero-order valence-corrected chi connectivity index (χ0v) is 9.24. The fourth-order valence-electron chi connectivity index (χ4n) is 1.17. The summed E-state index contributed by atoms with van der Waals surface area (Å²) in [4.78, 5) is 9.31. The molecule has 1 unspecified atom stereocenters. The molecule has 0 aliphatic heterocycles. The number of aliphatic imine (C=N–C) groups is 1. The molecule has 0 aromatic carbocycles. The second-order valence-electron chi connectivity index (χ2n) is 3.62. The summed E-state index contributed by atoms with van der Waals surface area (Å²) in [5.41, 5.74) is 5.55. The lowest BCUT2D eigenvalue weighted by atomic mass is 10.1. The van der Waals surface area contributed by atoms with E-state index in [2.05, 4.69) is 18.8 Å². The summed E-state index contributed by atoms with van der Waals surface area (Å²) in [6, 6.07) is 0. The van der Waals surface area contributed by atoms with E-state index < -0.39 is 0 Å². The van der Waals surface area contributed by atoms with Crippen LogP contribution in [0.15, 0.2) is 4.99 Å². The molecule has 0 rings (SSSR count). The van der Waals surface area contributed by atoms with Gasteiger partial charge in [-0.05, 0) is 19.3 Å². The second kappa shape index (κ2) is 5.80. The minimum absolute atomic E-state index is 0.172. The Bertz CT molecular complexity index is 168. The van der Waals surface area contributed by atoms with E-state index in [1.54, 1.807) is 14.1 Å². The first kappa shape index (κ1) is 12.2. The van der Waals surface area contributed by atoms with Crippen molar-refractivity contribution in [3.05, 3.63) is 0 Å². The molecular formula is C9H21N3O. The highest BCUT2D eigenvalue weighted by Crippen LogP contribution is 2.08. The van der Waals surface area contributed by atoms with Crippen molar-refractivity contribution < 1.29 is 4.84 Å². The molecule has 0 bridgehead atoms. The molecule has 0 aromatic heterocycles. The average Bonchev–Trinajstić information content (AvgIpc) is 2.01. The van der Waals surface area contributed by atoms with Gasteiger partial charge < -0.3 is 5.73 Å². The Hall–Kier alpha value is -0.770. The zero-order valence-electron chi connectivity index (χ0n) is 9.24. The predicted molar refractivity (Wildman–Crippen MR) is 55.3 cm³/mol. The Morgan fingerprint density at radius 2 is 2.00 bits per heavy atom. The highest BCUT2D eigenvalue weighted by Gasteiger charge is 2.09. The molecule has 0 saturated carbocycles. The number of nitrogens with two attached hydrogens (primary N) is 1. The smallest absolute Gasteiger partial charge is 0.215 e. The highest BCUT2D eigenvalue weighted by atomic mass is 16.7. The summed E-state index contributed by atoms with van der Waals surface area (Å²) in [6.45, 7) is 6.35. The van der Waals surface area contributed by atoms with Gasteiger partial charge in [-0.1, -0.05) is 13.8 Å². The van der Waals surface area contributed by atoms with E-state index in [0.29, 0.717) is 11.9 Å². The summed E-state index contributed by atoms with van der Waals surface area (Å²) < 4.78 is 0. The van der Waals surface area contributed by atoms with Crippen LogP contribution >= 0.6 is 0 Å². The van der Waals surface area contributed by atoms with Crippen molar-refractivity contribution >= 4 is 5.96 Å². The van der Waals surface area contributed by atoms with Gasteiger partial charge in [0.25, 0.3) is 0 Å². The molecule has 0 heterocycles. The first-order valence-electron chi connectivity index (χ1n) is 4.60. The number of nitrogens with zero attached hydrogens (tertiary/aromatic N) is 2. The molecule has 0 radical (unpaired) electrons. The molecule has 2 N–H and O–H groups in total. The van der Waals surface area contributed by atoms with Gasteiger partial charge in [0.2, 0.25) is 5.96 Å². The van der Waals surface area contributed by atoms with Gasteiger partial charge in [-0.15, -0.1) is 0 Å². The van der Waals surface area contributed by atoms with Crippen LogP contribution in [0.4, 0.5) is 0 Å². The maximum absolute atomic E-state index is 5.55. The fraction of sp³-hybridized carbons (Fsp3) is 0.889. The van der Waals surface area contributed by atoms with E-state index in [4.69, 9.17) is 10.6 Å². The van der Waals surface area contributed by atoms with Crippen LogP contribution in [0.3, 0.4) is 0 Å². The Morgan fingerprint density at radius 3 is 2.38 bits per heavy atom. The Kier molecular flexibility index (Phi) is 5.46. The largest absolute Gasteiger partial charge is 0.368 e. The third kappa shape index (κ3) is 5.47. The van der Waals surface area contributed by atoms with E-state index >= 15 is 0 Å². The van der Waals surface area contributed by atoms with Crippen molar-refractivity contribution in [2.24, 2.45) is 16.6 Å². The maximum atomic E-state index is 5.55. The summed E-state index contributed by atoms with van der Waals surface area (Å²) in [5, 5.41) is 1.51. The zero-order chi connectivity index (χ0) is 10.4. The number of guanidine groups is 1. The lowest BCUT2D eigenvalue weighted by Crippen LogP contribution is -2.36.